The molecule has 150 valence electrons. The Morgan fingerprint density at radius 1 is 0.966 bits per heavy atom. The van der Waals surface area contributed by atoms with E-state index in [-0.39, 0.29) is 27.0 Å². The van der Waals surface area contributed by atoms with Gasteiger partial charge in [-0.15, -0.1) is 0 Å². The number of hydrogen-bond acceptors (Lipinski definition) is 3. The van der Waals surface area contributed by atoms with Crippen molar-refractivity contribution >= 4 is 33.2 Å². The molecule has 3 aromatic rings. The molecule has 1 amide bonds. The summed E-state index contributed by atoms with van der Waals surface area (Å²) in [5, 5.41) is 2.93. The highest BCUT2D eigenvalue weighted by atomic mass is 35.5. The summed E-state index contributed by atoms with van der Waals surface area (Å²) in [4.78, 5) is 12.6. The van der Waals surface area contributed by atoms with Crippen LogP contribution in [0.1, 0.15) is 15.9 Å². The molecule has 0 fully saturated rings. The van der Waals surface area contributed by atoms with Gasteiger partial charge in [-0.25, -0.2) is 12.8 Å². The number of anilines is 1. The van der Waals surface area contributed by atoms with Crippen LogP contribution in [0.15, 0.2) is 77.7 Å². The number of halogens is 2. The Morgan fingerprint density at radius 3 is 2.34 bits per heavy atom. The zero-order valence-electron chi connectivity index (χ0n) is 15.2. The molecule has 0 atom stereocenters. The molecule has 0 aliphatic carbocycles. The molecule has 0 aliphatic rings. The molecule has 3 aromatic carbocycles. The van der Waals surface area contributed by atoms with Crippen LogP contribution in [0.3, 0.4) is 0 Å². The number of hydrogen-bond donors (Lipinski definition) is 2. The molecule has 0 saturated heterocycles. The second-order valence-electron chi connectivity index (χ2n) is 6.25. The average Bonchev–Trinajstić information content (AvgIpc) is 2.71. The van der Waals surface area contributed by atoms with Crippen molar-refractivity contribution in [3.63, 3.8) is 0 Å². The van der Waals surface area contributed by atoms with Crippen molar-refractivity contribution in [3.8, 4) is 0 Å². The fraction of sp³-hybridized carbons (Fsp3) is 0.0952. The van der Waals surface area contributed by atoms with E-state index in [1.807, 2.05) is 0 Å². The summed E-state index contributed by atoms with van der Waals surface area (Å²) in [5.74, 6) is -0.753. The van der Waals surface area contributed by atoms with Crippen LogP contribution in [-0.2, 0) is 16.4 Å². The summed E-state index contributed by atoms with van der Waals surface area (Å²) in [6.45, 7) is 0.320. The lowest BCUT2D eigenvalue weighted by atomic mass is 10.1. The molecule has 0 spiro atoms. The first-order valence-corrected chi connectivity index (χ1v) is 10.6. The Labute approximate surface area is 173 Å². The predicted molar refractivity (Wildman–Crippen MR) is 111 cm³/mol. The van der Waals surface area contributed by atoms with Gasteiger partial charge in [-0.3, -0.25) is 9.52 Å². The van der Waals surface area contributed by atoms with Crippen LogP contribution in [0.2, 0.25) is 5.02 Å². The number of sulfonamides is 1. The van der Waals surface area contributed by atoms with Crippen LogP contribution in [0, 0.1) is 5.82 Å². The van der Waals surface area contributed by atoms with Crippen LogP contribution < -0.4 is 10.0 Å². The van der Waals surface area contributed by atoms with Gasteiger partial charge in [0.05, 0.1) is 15.5 Å². The minimum absolute atomic E-state index is 0.111. The SMILES string of the molecule is O=C(NCCc1ccc(F)cc1)c1cc(NS(=O)(=O)c2ccccc2)ccc1Cl. The first-order chi connectivity index (χ1) is 13.8. The van der Waals surface area contributed by atoms with Gasteiger partial charge in [0, 0.05) is 12.2 Å². The smallest absolute Gasteiger partial charge is 0.261 e. The van der Waals surface area contributed by atoms with Crippen LogP contribution in [0.25, 0.3) is 0 Å². The molecule has 2 N–H and O–H groups in total. The third-order valence-electron chi connectivity index (χ3n) is 4.13. The van der Waals surface area contributed by atoms with E-state index in [2.05, 4.69) is 10.0 Å². The third kappa shape index (κ3) is 5.56. The summed E-state index contributed by atoms with van der Waals surface area (Å²) in [6, 6.07) is 18.2. The summed E-state index contributed by atoms with van der Waals surface area (Å²) in [6.07, 6.45) is 0.518. The first-order valence-electron chi connectivity index (χ1n) is 8.75. The minimum Gasteiger partial charge on any atom is -0.352 e. The lowest BCUT2D eigenvalue weighted by molar-refractivity contribution is 0.0954. The van der Waals surface area contributed by atoms with Crippen molar-refractivity contribution < 1.29 is 17.6 Å². The number of carbonyl (C=O) groups excluding carboxylic acids is 1. The lowest BCUT2D eigenvalue weighted by Gasteiger charge is -2.11. The van der Waals surface area contributed by atoms with E-state index in [9.17, 15) is 17.6 Å². The molecule has 5 nitrogen and oxygen atoms in total. The topological polar surface area (TPSA) is 75.3 Å². The second-order valence-corrected chi connectivity index (χ2v) is 8.34. The van der Waals surface area contributed by atoms with Gasteiger partial charge < -0.3 is 5.32 Å². The van der Waals surface area contributed by atoms with Crippen molar-refractivity contribution in [3.05, 3.63) is 94.8 Å². The predicted octanol–water partition coefficient (Wildman–Crippen LogP) is 4.25. The quantitative estimate of drug-likeness (QED) is 0.586. The molecular formula is C21H18ClFN2O3S. The van der Waals surface area contributed by atoms with Gasteiger partial charge in [-0.05, 0) is 54.4 Å². The largest absolute Gasteiger partial charge is 0.352 e. The maximum atomic E-state index is 12.9. The maximum absolute atomic E-state index is 12.9. The molecule has 0 saturated carbocycles. The van der Waals surface area contributed by atoms with E-state index >= 15 is 0 Å². The van der Waals surface area contributed by atoms with Crippen molar-refractivity contribution in [1.82, 2.24) is 5.32 Å². The summed E-state index contributed by atoms with van der Waals surface area (Å²) < 4.78 is 40.3. The van der Waals surface area contributed by atoms with E-state index in [0.29, 0.717) is 13.0 Å². The van der Waals surface area contributed by atoms with E-state index in [0.717, 1.165) is 5.56 Å². The van der Waals surface area contributed by atoms with Gasteiger partial charge in [0.1, 0.15) is 5.82 Å². The van der Waals surface area contributed by atoms with Crippen molar-refractivity contribution in [2.75, 3.05) is 11.3 Å². The Hall–Kier alpha value is -2.90. The lowest BCUT2D eigenvalue weighted by Crippen LogP contribution is -2.26. The Morgan fingerprint density at radius 2 is 1.66 bits per heavy atom. The van der Waals surface area contributed by atoms with Gasteiger partial charge in [0.25, 0.3) is 15.9 Å². The molecule has 0 aromatic heterocycles. The van der Waals surface area contributed by atoms with E-state index < -0.39 is 15.9 Å². The normalized spacial score (nSPS) is 11.1. The standard InChI is InChI=1S/C21H18ClFN2O3S/c22-20-11-10-17(25-29(27,28)18-4-2-1-3-5-18)14-19(20)21(26)24-13-12-15-6-8-16(23)9-7-15/h1-11,14,25H,12-13H2,(H,24,26). The molecule has 29 heavy (non-hydrogen) atoms. The van der Waals surface area contributed by atoms with Crippen molar-refractivity contribution in [1.29, 1.82) is 0 Å². The average molecular weight is 433 g/mol. The maximum Gasteiger partial charge on any atom is 0.261 e. The highest BCUT2D eigenvalue weighted by Gasteiger charge is 2.16. The summed E-state index contributed by atoms with van der Waals surface area (Å²) in [7, 11) is -3.78. The summed E-state index contributed by atoms with van der Waals surface area (Å²) in [5.41, 5.74) is 1.25. The Bertz CT molecular complexity index is 1100. The van der Waals surface area contributed by atoms with E-state index in [4.69, 9.17) is 11.6 Å². The van der Waals surface area contributed by atoms with E-state index in [1.54, 1.807) is 30.3 Å². The molecule has 0 aliphatic heterocycles. The highest BCUT2D eigenvalue weighted by molar-refractivity contribution is 7.92. The number of rotatable bonds is 7. The molecule has 0 heterocycles. The van der Waals surface area contributed by atoms with Crippen molar-refractivity contribution in [2.24, 2.45) is 0 Å². The van der Waals surface area contributed by atoms with Gasteiger partial charge in [0.15, 0.2) is 0 Å². The fourth-order valence-corrected chi connectivity index (χ4v) is 3.92. The van der Waals surface area contributed by atoms with Crippen LogP contribution in [0.4, 0.5) is 10.1 Å². The molecular weight excluding hydrogens is 415 g/mol. The molecule has 3 rings (SSSR count). The zero-order valence-corrected chi connectivity index (χ0v) is 16.8. The van der Waals surface area contributed by atoms with Gasteiger partial charge in [0.2, 0.25) is 0 Å². The summed E-state index contributed by atoms with van der Waals surface area (Å²) >= 11 is 6.11. The van der Waals surface area contributed by atoms with Crippen LogP contribution >= 0.6 is 11.6 Å². The fourth-order valence-electron chi connectivity index (χ4n) is 2.64. The number of carbonyl (C=O) groups is 1. The first kappa shape index (κ1) is 20.8. The zero-order chi connectivity index (χ0) is 20.9. The van der Waals surface area contributed by atoms with Gasteiger partial charge >= 0.3 is 0 Å². The van der Waals surface area contributed by atoms with Gasteiger partial charge in [-0.1, -0.05) is 41.9 Å². The van der Waals surface area contributed by atoms with Crippen LogP contribution in [0.5, 0.6) is 0 Å². The number of nitrogens with one attached hydrogen (secondary N) is 2. The van der Waals surface area contributed by atoms with Gasteiger partial charge in [-0.2, -0.15) is 0 Å². The monoisotopic (exact) mass is 432 g/mol. The molecule has 0 bridgehead atoms. The molecule has 0 radical (unpaired) electrons. The molecule has 8 heteroatoms. The highest BCUT2D eigenvalue weighted by Crippen LogP contribution is 2.23. The van der Waals surface area contributed by atoms with E-state index in [1.165, 1.54) is 42.5 Å². The van der Waals surface area contributed by atoms with Crippen LogP contribution in [-0.4, -0.2) is 20.9 Å². The molecule has 0 unspecified atom stereocenters. The minimum atomic E-state index is -3.78. The second kappa shape index (κ2) is 9.07. The number of amides is 1. The third-order valence-corrected chi connectivity index (χ3v) is 5.86. The Kier molecular flexibility index (Phi) is 6.51. The number of benzene rings is 3. The Balaban J connectivity index is 1.68. The van der Waals surface area contributed by atoms with Crippen molar-refractivity contribution in [2.45, 2.75) is 11.3 Å².